The Bertz CT molecular complexity index is 575. The van der Waals surface area contributed by atoms with E-state index in [1.165, 1.54) is 0 Å². The number of imidazole rings is 1. The first-order chi connectivity index (χ1) is 8.63. The van der Waals surface area contributed by atoms with E-state index in [4.69, 9.17) is 0 Å². The summed E-state index contributed by atoms with van der Waals surface area (Å²) in [5, 5.41) is 0. The third-order valence-electron chi connectivity index (χ3n) is 2.80. The number of aryl methyl sites for hydroxylation is 1. The van der Waals surface area contributed by atoms with Gasteiger partial charge in [0.15, 0.2) is 5.78 Å². The van der Waals surface area contributed by atoms with Crippen LogP contribution in [0.2, 0.25) is 0 Å². The van der Waals surface area contributed by atoms with Crippen LogP contribution in [0.4, 0.5) is 0 Å². The van der Waals surface area contributed by atoms with Crippen LogP contribution in [-0.4, -0.2) is 15.3 Å². The number of carbonyl (C=O) groups excluding carboxylic acids is 1. The third kappa shape index (κ3) is 2.53. The molecule has 0 atom stereocenters. The van der Waals surface area contributed by atoms with Crippen molar-refractivity contribution in [3.8, 4) is 5.69 Å². The summed E-state index contributed by atoms with van der Waals surface area (Å²) in [6, 6.07) is 5.65. The highest BCUT2D eigenvalue weighted by atomic mass is 79.9. The summed E-state index contributed by atoms with van der Waals surface area (Å²) in [5.74, 6) is 1.11. The second kappa shape index (κ2) is 5.48. The molecule has 0 fully saturated rings. The van der Waals surface area contributed by atoms with Crippen LogP contribution in [0.15, 0.2) is 35.1 Å². The molecule has 0 bridgehead atoms. The van der Waals surface area contributed by atoms with Crippen LogP contribution in [0.1, 0.15) is 36.5 Å². The van der Waals surface area contributed by atoms with Crippen molar-refractivity contribution in [3.63, 3.8) is 0 Å². The molecule has 2 rings (SSSR count). The Hall–Kier alpha value is -1.42. The van der Waals surface area contributed by atoms with Gasteiger partial charge in [-0.05, 0) is 47.5 Å². The normalized spacial score (nSPS) is 10.6. The molecule has 4 heteroatoms. The van der Waals surface area contributed by atoms with Gasteiger partial charge in [0, 0.05) is 28.9 Å². The van der Waals surface area contributed by atoms with Gasteiger partial charge in [-0.1, -0.05) is 6.92 Å². The van der Waals surface area contributed by atoms with Gasteiger partial charge in [-0.15, -0.1) is 0 Å². The van der Waals surface area contributed by atoms with Gasteiger partial charge in [0.25, 0.3) is 0 Å². The monoisotopic (exact) mass is 306 g/mol. The summed E-state index contributed by atoms with van der Waals surface area (Å²) >= 11 is 3.52. The Balaban J connectivity index is 2.44. The number of hydrogen-bond acceptors (Lipinski definition) is 2. The fourth-order valence-corrected chi connectivity index (χ4v) is 2.45. The van der Waals surface area contributed by atoms with Gasteiger partial charge >= 0.3 is 0 Å². The first-order valence-electron chi connectivity index (χ1n) is 5.96. The highest BCUT2D eigenvalue weighted by Crippen LogP contribution is 2.24. The molecule has 94 valence electrons. The SMILES string of the molecule is CCCc1nccn1-c1ccc(C(C)=O)cc1Br. The van der Waals surface area contributed by atoms with Crippen LogP contribution in [-0.2, 0) is 6.42 Å². The van der Waals surface area contributed by atoms with Crippen molar-refractivity contribution >= 4 is 21.7 Å². The highest BCUT2D eigenvalue weighted by Gasteiger charge is 2.09. The zero-order valence-electron chi connectivity index (χ0n) is 10.5. The van der Waals surface area contributed by atoms with Gasteiger partial charge in [0.05, 0.1) is 5.69 Å². The van der Waals surface area contributed by atoms with E-state index < -0.39 is 0 Å². The minimum absolute atomic E-state index is 0.0710. The fraction of sp³-hybridized carbons (Fsp3) is 0.286. The van der Waals surface area contributed by atoms with E-state index in [0.29, 0.717) is 5.56 Å². The smallest absolute Gasteiger partial charge is 0.159 e. The maximum atomic E-state index is 11.3. The highest BCUT2D eigenvalue weighted by molar-refractivity contribution is 9.10. The number of halogens is 1. The molecule has 0 N–H and O–H groups in total. The molecule has 0 spiro atoms. The van der Waals surface area contributed by atoms with Crippen molar-refractivity contribution in [3.05, 3.63) is 46.5 Å². The van der Waals surface area contributed by atoms with Gasteiger partial charge in [-0.3, -0.25) is 4.79 Å². The molecule has 18 heavy (non-hydrogen) atoms. The first kappa shape index (κ1) is 13.0. The standard InChI is InChI=1S/C14H15BrN2O/c1-3-4-14-16-7-8-17(14)13-6-5-11(10(2)18)9-12(13)15/h5-9H,3-4H2,1-2H3. The van der Waals surface area contributed by atoms with Crippen LogP contribution in [0.5, 0.6) is 0 Å². The lowest BCUT2D eigenvalue weighted by atomic mass is 10.1. The van der Waals surface area contributed by atoms with Crippen LogP contribution >= 0.6 is 15.9 Å². The zero-order chi connectivity index (χ0) is 13.1. The van der Waals surface area contributed by atoms with Gasteiger partial charge in [-0.2, -0.15) is 0 Å². The number of benzene rings is 1. The summed E-state index contributed by atoms with van der Waals surface area (Å²) in [7, 11) is 0. The quantitative estimate of drug-likeness (QED) is 0.806. The molecule has 1 heterocycles. The van der Waals surface area contributed by atoms with E-state index in [0.717, 1.165) is 28.8 Å². The molecule has 1 aromatic heterocycles. The molecule has 0 saturated carbocycles. The predicted molar refractivity (Wildman–Crippen MR) is 75.3 cm³/mol. The van der Waals surface area contributed by atoms with Crippen molar-refractivity contribution < 1.29 is 4.79 Å². The van der Waals surface area contributed by atoms with Crippen LogP contribution in [0, 0.1) is 0 Å². The molecule has 3 nitrogen and oxygen atoms in total. The molecule has 2 aromatic rings. The average molecular weight is 307 g/mol. The Labute approximate surface area is 115 Å². The third-order valence-corrected chi connectivity index (χ3v) is 3.44. The minimum atomic E-state index is 0.0710. The Morgan fingerprint density at radius 2 is 2.22 bits per heavy atom. The molecular formula is C14H15BrN2O. The van der Waals surface area contributed by atoms with Gasteiger partial charge in [0.2, 0.25) is 0 Å². The van der Waals surface area contributed by atoms with E-state index in [-0.39, 0.29) is 5.78 Å². The topological polar surface area (TPSA) is 34.9 Å². The summed E-state index contributed by atoms with van der Waals surface area (Å²) in [4.78, 5) is 15.7. The summed E-state index contributed by atoms with van der Waals surface area (Å²) < 4.78 is 2.96. The van der Waals surface area contributed by atoms with Crippen molar-refractivity contribution in [1.82, 2.24) is 9.55 Å². The number of Topliss-reactive ketones (excluding diaryl/α,β-unsaturated/α-hetero) is 1. The summed E-state index contributed by atoms with van der Waals surface area (Å²) in [6.07, 6.45) is 5.74. The molecule has 0 aliphatic carbocycles. The minimum Gasteiger partial charge on any atom is -0.303 e. The van der Waals surface area contributed by atoms with Crippen molar-refractivity contribution in [1.29, 1.82) is 0 Å². The maximum absolute atomic E-state index is 11.3. The second-order valence-electron chi connectivity index (χ2n) is 4.19. The number of rotatable bonds is 4. The van der Waals surface area contributed by atoms with E-state index in [1.807, 2.05) is 24.4 Å². The molecule has 0 radical (unpaired) electrons. The van der Waals surface area contributed by atoms with Crippen molar-refractivity contribution in [2.75, 3.05) is 0 Å². The molecule has 0 aliphatic rings. The molecule has 0 saturated heterocycles. The van der Waals surface area contributed by atoms with E-state index in [2.05, 4.69) is 32.4 Å². The van der Waals surface area contributed by atoms with Crippen LogP contribution < -0.4 is 0 Å². The lowest BCUT2D eigenvalue weighted by Gasteiger charge is -2.10. The Kier molecular flexibility index (Phi) is 3.97. The Morgan fingerprint density at radius 1 is 1.44 bits per heavy atom. The number of aromatic nitrogens is 2. The molecule has 0 aliphatic heterocycles. The number of ketones is 1. The van der Waals surface area contributed by atoms with Crippen LogP contribution in [0.3, 0.4) is 0 Å². The zero-order valence-corrected chi connectivity index (χ0v) is 12.1. The van der Waals surface area contributed by atoms with Gasteiger partial charge in [-0.25, -0.2) is 4.98 Å². The molecular weight excluding hydrogens is 292 g/mol. The summed E-state index contributed by atoms with van der Waals surface area (Å²) in [6.45, 7) is 3.70. The van der Waals surface area contributed by atoms with E-state index in [9.17, 15) is 4.79 Å². The van der Waals surface area contributed by atoms with Crippen molar-refractivity contribution in [2.45, 2.75) is 26.7 Å². The summed E-state index contributed by atoms with van der Waals surface area (Å²) in [5.41, 5.74) is 1.73. The average Bonchev–Trinajstić information content (AvgIpc) is 2.77. The lowest BCUT2D eigenvalue weighted by molar-refractivity contribution is 0.101. The first-order valence-corrected chi connectivity index (χ1v) is 6.76. The number of hydrogen-bond donors (Lipinski definition) is 0. The van der Waals surface area contributed by atoms with Gasteiger partial charge < -0.3 is 4.57 Å². The molecule has 0 amide bonds. The Morgan fingerprint density at radius 3 is 2.83 bits per heavy atom. The predicted octanol–water partition coefficient (Wildman–Crippen LogP) is 3.79. The van der Waals surface area contributed by atoms with Gasteiger partial charge in [0.1, 0.15) is 5.82 Å². The number of nitrogens with zero attached hydrogens (tertiary/aromatic N) is 2. The van der Waals surface area contributed by atoms with Crippen molar-refractivity contribution in [2.24, 2.45) is 0 Å². The molecule has 1 aromatic carbocycles. The fourth-order valence-electron chi connectivity index (χ4n) is 1.88. The van der Waals surface area contributed by atoms with Crippen LogP contribution in [0.25, 0.3) is 5.69 Å². The number of carbonyl (C=O) groups is 1. The maximum Gasteiger partial charge on any atom is 0.159 e. The van der Waals surface area contributed by atoms with E-state index in [1.54, 1.807) is 13.1 Å². The second-order valence-corrected chi connectivity index (χ2v) is 5.04. The molecule has 0 unspecified atom stereocenters. The lowest BCUT2D eigenvalue weighted by Crippen LogP contribution is -2.02. The van der Waals surface area contributed by atoms with E-state index >= 15 is 0 Å². The largest absolute Gasteiger partial charge is 0.303 e.